The number of carbonyl (C=O) groups excluding carboxylic acids is 1. The Labute approximate surface area is 93.1 Å². The van der Waals surface area contributed by atoms with Crippen LogP contribution in [0.3, 0.4) is 0 Å². The van der Waals surface area contributed by atoms with Gasteiger partial charge in [-0.05, 0) is 6.26 Å². The van der Waals surface area contributed by atoms with Crippen molar-refractivity contribution in [3.8, 4) is 0 Å². The van der Waals surface area contributed by atoms with Gasteiger partial charge in [0.2, 0.25) is 11.1 Å². The van der Waals surface area contributed by atoms with Crippen molar-refractivity contribution in [3.05, 3.63) is 11.9 Å². The summed E-state index contributed by atoms with van der Waals surface area (Å²) in [5, 5.41) is 11.2. The lowest BCUT2D eigenvalue weighted by atomic mass is 10.2. The van der Waals surface area contributed by atoms with Crippen molar-refractivity contribution in [3.63, 3.8) is 0 Å². The third kappa shape index (κ3) is 3.83. The lowest BCUT2D eigenvalue weighted by molar-refractivity contribution is -0.124. The number of thioether (sulfide) groups is 1. The van der Waals surface area contributed by atoms with Crippen LogP contribution in [0.25, 0.3) is 0 Å². The van der Waals surface area contributed by atoms with Crippen LogP contribution in [0.1, 0.15) is 19.5 Å². The monoisotopic (exact) mass is 226 g/mol. The zero-order valence-electron chi connectivity index (χ0n) is 9.02. The van der Waals surface area contributed by atoms with Crippen LogP contribution in [0.4, 0.5) is 0 Å². The highest BCUT2D eigenvalue weighted by Crippen LogP contribution is 2.04. The summed E-state index contributed by atoms with van der Waals surface area (Å²) in [7, 11) is 0. The molecule has 1 rings (SSSR count). The molecule has 1 amide bonds. The lowest BCUT2D eigenvalue weighted by Crippen LogP contribution is -2.27. The molecular formula is C9H14N4OS. The van der Waals surface area contributed by atoms with Gasteiger partial charge < -0.3 is 5.32 Å². The first-order valence-corrected chi connectivity index (χ1v) is 5.86. The van der Waals surface area contributed by atoms with Gasteiger partial charge in [-0.2, -0.15) is 0 Å². The maximum atomic E-state index is 11.3. The first kappa shape index (κ1) is 11.9. The number of carbonyl (C=O) groups is 1. The molecule has 0 aliphatic carbocycles. The van der Waals surface area contributed by atoms with Crippen molar-refractivity contribution < 1.29 is 4.79 Å². The summed E-state index contributed by atoms with van der Waals surface area (Å²) in [4.78, 5) is 15.3. The minimum Gasteiger partial charge on any atom is -0.350 e. The number of aromatic nitrogens is 3. The number of hydrogen-bond acceptors (Lipinski definition) is 5. The van der Waals surface area contributed by atoms with Gasteiger partial charge in [0, 0.05) is 5.92 Å². The van der Waals surface area contributed by atoms with Crippen LogP contribution < -0.4 is 5.32 Å². The Morgan fingerprint density at radius 3 is 2.73 bits per heavy atom. The highest BCUT2D eigenvalue weighted by atomic mass is 32.2. The van der Waals surface area contributed by atoms with E-state index >= 15 is 0 Å². The average Bonchev–Trinajstić information content (AvgIpc) is 2.26. The molecule has 0 radical (unpaired) electrons. The highest BCUT2D eigenvalue weighted by Gasteiger charge is 2.06. The molecule has 0 saturated carbocycles. The summed E-state index contributed by atoms with van der Waals surface area (Å²) >= 11 is 1.43. The Kier molecular flexibility index (Phi) is 4.48. The van der Waals surface area contributed by atoms with E-state index in [9.17, 15) is 4.79 Å². The lowest BCUT2D eigenvalue weighted by Gasteiger charge is -2.06. The molecule has 15 heavy (non-hydrogen) atoms. The van der Waals surface area contributed by atoms with E-state index in [0.717, 1.165) is 0 Å². The summed E-state index contributed by atoms with van der Waals surface area (Å²) in [5.74, 6) is -0.0119. The molecule has 0 saturated heterocycles. The summed E-state index contributed by atoms with van der Waals surface area (Å²) in [5.41, 5.74) is 0.668. The quantitative estimate of drug-likeness (QED) is 0.771. The first-order valence-electron chi connectivity index (χ1n) is 4.63. The fraction of sp³-hybridized carbons (Fsp3) is 0.556. The minimum absolute atomic E-state index is 0.00532. The normalized spacial score (nSPS) is 10.4. The molecular weight excluding hydrogens is 212 g/mol. The van der Waals surface area contributed by atoms with Crippen LogP contribution in [0.5, 0.6) is 0 Å². The van der Waals surface area contributed by atoms with E-state index in [4.69, 9.17) is 0 Å². The van der Waals surface area contributed by atoms with Crippen LogP contribution in [0.15, 0.2) is 11.4 Å². The van der Waals surface area contributed by atoms with Gasteiger partial charge in [0.05, 0.1) is 12.7 Å². The predicted molar refractivity (Wildman–Crippen MR) is 58.3 cm³/mol. The predicted octanol–water partition coefficient (Wildman–Crippen LogP) is 0.866. The van der Waals surface area contributed by atoms with Gasteiger partial charge in [-0.3, -0.25) is 4.79 Å². The van der Waals surface area contributed by atoms with Crippen molar-refractivity contribution in [2.45, 2.75) is 25.5 Å². The van der Waals surface area contributed by atoms with E-state index < -0.39 is 0 Å². The molecule has 0 spiro atoms. The van der Waals surface area contributed by atoms with Crippen LogP contribution in [-0.2, 0) is 11.3 Å². The molecule has 5 nitrogen and oxygen atoms in total. The molecule has 0 aliphatic heterocycles. The Hall–Kier alpha value is -1.17. The molecule has 0 unspecified atom stereocenters. The van der Waals surface area contributed by atoms with Crippen molar-refractivity contribution in [2.75, 3.05) is 6.26 Å². The fourth-order valence-corrected chi connectivity index (χ4v) is 1.13. The molecule has 1 heterocycles. The number of nitrogens with zero attached hydrogens (tertiary/aromatic N) is 3. The van der Waals surface area contributed by atoms with Crippen molar-refractivity contribution in [2.24, 2.45) is 5.92 Å². The molecule has 0 fully saturated rings. The smallest absolute Gasteiger partial charge is 0.222 e. The second-order valence-electron chi connectivity index (χ2n) is 3.31. The van der Waals surface area contributed by atoms with Crippen molar-refractivity contribution in [1.29, 1.82) is 0 Å². The number of amides is 1. The van der Waals surface area contributed by atoms with E-state index in [1.807, 2.05) is 20.1 Å². The SMILES string of the molecule is CSc1ncc(CNC(=O)C(C)C)nn1. The molecule has 1 aromatic heterocycles. The summed E-state index contributed by atoms with van der Waals surface area (Å²) in [6, 6.07) is 0. The number of nitrogens with one attached hydrogen (secondary N) is 1. The van der Waals surface area contributed by atoms with Gasteiger partial charge in [0.1, 0.15) is 5.69 Å². The second kappa shape index (κ2) is 5.65. The Morgan fingerprint density at radius 1 is 1.53 bits per heavy atom. The third-order valence-corrected chi connectivity index (χ3v) is 2.29. The standard InChI is InChI=1S/C9H14N4OS/c1-6(2)8(14)10-4-7-5-11-9(15-3)13-12-7/h5-6H,4H2,1-3H3,(H,10,14). The van der Waals surface area contributed by atoms with Crippen LogP contribution in [0, 0.1) is 5.92 Å². The summed E-state index contributed by atoms with van der Waals surface area (Å²) < 4.78 is 0. The minimum atomic E-state index is -0.0172. The van der Waals surface area contributed by atoms with Crippen molar-refractivity contribution >= 4 is 17.7 Å². The van der Waals surface area contributed by atoms with E-state index in [1.54, 1.807) is 6.20 Å². The van der Waals surface area contributed by atoms with E-state index in [0.29, 0.717) is 17.4 Å². The zero-order chi connectivity index (χ0) is 11.3. The number of hydrogen-bond donors (Lipinski definition) is 1. The topological polar surface area (TPSA) is 67.8 Å². The molecule has 0 aliphatic rings. The molecule has 1 aromatic rings. The summed E-state index contributed by atoms with van der Waals surface area (Å²) in [6.07, 6.45) is 3.51. The van der Waals surface area contributed by atoms with E-state index in [-0.39, 0.29) is 11.8 Å². The summed E-state index contributed by atoms with van der Waals surface area (Å²) in [6.45, 7) is 4.07. The Bertz CT molecular complexity index is 325. The zero-order valence-corrected chi connectivity index (χ0v) is 9.84. The van der Waals surface area contributed by atoms with Gasteiger partial charge in [-0.15, -0.1) is 10.2 Å². The molecule has 0 atom stereocenters. The highest BCUT2D eigenvalue weighted by molar-refractivity contribution is 7.98. The van der Waals surface area contributed by atoms with Crippen LogP contribution in [0.2, 0.25) is 0 Å². The third-order valence-electron chi connectivity index (χ3n) is 1.74. The van der Waals surface area contributed by atoms with Gasteiger partial charge in [0.15, 0.2) is 0 Å². The van der Waals surface area contributed by atoms with E-state index in [1.165, 1.54) is 11.8 Å². The molecule has 0 aromatic carbocycles. The largest absolute Gasteiger partial charge is 0.350 e. The molecule has 1 N–H and O–H groups in total. The molecule has 0 bridgehead atoms. The first-order chi connectivity index (χ1) is 7.13. The van der Waals surface area contributed by atoms with Gasteiger partial charge in [0.25, 0.3) is 0 Å². The fourth-order valence-electron chi connectivity index (χ4n) is 0.845. The Morgan fingerprint density at radius 2 is 2.27 bits per heavy atom. The van der Waals surface area contributed by atoms with Gasteiger partial charge in [-0.25, -0.2) is 4.98 Å². The maximum absolute atomic E-state index is 11.3. The van der Waals surface area contributed by atoms with E-state index in [2.05, 4.69) is 20.5 Å². The van der Waals surface area contributed by atoms with Crippen LogP contribution >= 0.6 is 11.8 Å². The van der Waals surface area contributed by atoms with Gasteiger partial charge in [-0.1, -0.05) is 25.6 Å². The molecule has 6 heteroatoms. The second-order valence-corrected chi connectivity index (χ2v) is 4.08. The Balaban J connectivity index is 2.47. The molecule has 82 valence electrons. The number of rotatable bonds is 4. The maximum Gasteiger partial charge on any atom is 0.222 e. The van der Waals surface area contributed by atoms with Crippen molar-refractivity contribution in [1.82, 2.24) is 20.5 Å². The van der Waals surface area contributed by atoms with Crippen LogP contribution in [-0.4, -0.2) is 27.3 Å². The average molecular weight is 226 g/mol. The van der Waals surface area contributed by atoms with Gasteiger partial charge >= 0.3 is 0 Å².